The monoisotopic (exact) mass is 693 g/mol. The molecule has 0 saturated carbocycles. The molecular weight excluding hydrogens is 648 g/mol. The number of carbonyl (C=O) groups is 2. The maximum atomic E-state index is 13.5. The van der Waals surface area contributed by atoms with Gasteiger partial charge in [0, 0.05) is 25.3 Å². The molecule has 2 atom stereocenters. The molecule has 0 radical (unpaired) electrons. The summed E-state index contributed by atoms with van der Waals surface area (Å²) in [4.78, 5) is 39.6. The molecule has 0 aliphatic heterocycles. The SMILES string of the molecule is Cn1c(=O)c(NC(=O)[C@@H](CCc2ccccc2)NC(=O)[C@@H]([NH3+])CCC[N+](C)(CC[NH3+])CC[NH3+])cc2ccccc21.[Cl-].[Cl-].[Cl-].[Cl-]. The molecule has 248 valence electrons. The lowest BCUT2D eigenvalue weighted by atomic mass is 10.0. The Balaban J connectivity index is 0. The molecule has 0 spiro atoms. The van der Waals surface area contributed by atoms with Crippen LogP contribution in [0.15, 0.2) is 65.5 Å². The summed E-state index contributed by atoms with van der Waals surface area (Å²) in [5.74, 6) is -0.679. The first-order valence-corrected chi connectivity index (χ1v) is 14.2. The van der Waals surface area contributed by atoms with Gasteiger partial charge in [0.2, 0.25) is 5.91 Å². The predicted octanol–water partition coefficient (Wildman–Crippen LogP) is -13.1. The first kappa shape index (κ1) is 43.7. The number of para-hydroxylation sites is 1. The minimum Gasteiger partial charge on any atom is -1.00 e. The molecular formula is C30H47Cl4N7O3. The number of aryl methyl sites for hydroxylation is 2. The Morgan fingerprint density at radius 3 is 2.07 bits per heavy atom. The van der Waals surface area contributed by atoms with Gasteiger partial charge < -0.3 is 86.5 Å². The standard InChI is InChI=1S/C30H43N7O3.4ClH/c1-36-27-13-7-6-11-23(27)21-26(30(36)40)35-29(39)25(15-14-22-9-4-3-5-10-22)34-28(38)24(33)12-8-18-37(2,19-16-31)20-17-32;;;;/h3-7,9-11,13,21,24-25H,8,12,14-20,31-33H2,1-2H3,(H-,34,35,38,39);4*1H/t24-,25+;;;;/m0..../s1. The van der Waals surface area contributed by atoms with Gasteiger partial charge in [0.1, 0.15) is 37.9 Å². The molecule has 11 N–H and O–H groups in total. The smallest absolute Gasteiger partial charge is 0.278 e. The summed E-state index contributed by atoms with van der Waals surface area (Å²) in [6.07, 6.45) is 2.45. The highest BCUT2D eigenvalue weighted by atomic mass is 35.5. The lowest BCUT2D eigenvalue weighted by Gasteiger charge is -2.32. The molecule has 0 bridgehead atoms. The van der Waals surface area contributed by atoms with Gasteiger partial charge >= 0.3 is 0 Å². The zero-order valence-electron chi connectivity index (χ0n) is 25.5. The topological polar surface area (TPSA) is 163 Å². The fraction of sp³-hybridized carbons (Fsp3) is 0.433. The molecule has 0 saturated heterocycles. The zero-order valence-corrected chi connectivity index (χ0v) is 28.6. The van der Waals surface area contributed by atoms with Gasteiger partial charge in [-0.05, 0) is 30.5 Å². The number of pyridine rings is 1. The Bertz CT molecular complexity index is 1340. The van der Waals surface area contributed by atoms with Crippen molar-refractivity contribution < 1.29 is 80.9 Å². The number of fused-ring (bicyclic) bond motifs is 1. The quantitative estimate of drug-likeness (QED) is 0.100. The van der Waals surface area contributed by atoms with Gasteiger partial charge in [-0.15, -0.1) is 0 Å². The Morgan fingerprint density at radius 2 is 1.45 bits per heavy atom. The van der Waals surface area contributed by atoms with Crippen LogP contribution in [0, 0.1) is 0 Å². The maximum Gasteiger partial charge on any atom is 0.278 e. The second kappa shape index (κ2) is 21.3. The van der Waals surface area contributed by atoms with Crippen LogP contribution in [0.25, 0.3) is 10.9 Å². The van der Waals surface area contributed by atoms with Crippen LogP contribution in [0.2, 0.25) is 0 Å². The van der Waals surface area contributed by atoms with Crippen LogP contribution >= 0.6 is 0 Å². The molecule has 0 unspecified atom stereocenters. The minimum atomic E-state index is -0.813. The van der Waals surface area contributed by atoms with Crippen LogP contribution in [0.4, 0.5) is 5.69 Å². The maximum absolute atomic E-state index is 13.5. The third kappa shape index (κ3) is 12.5. The van der Waals surface area contributed by atoms with Gasteiger partial charge in [0.25, 0.3) is 11.5 Å². The molecule has 0 fully saturated rings. The van der Waals surface area contributed by atoms with E-state index in [4.69, 9.17) is 0 Å². The number of hydrogen-bond acceptors (Lipinski definition) is 3. The fourth-order valence-corrected chi connectivity index (χ4v) is 5.20. The molecule has 3 rings (SSSR count). The number of likely N-dealkylation sites (N-methyl/N-ethyl adjacent to an activating group) is 1. The zero-order chi connectivity index (χ0) is 29.1. The summed E-state index contributed by atoms with van der Waals surface area (Å²) in [6.45, 7) is 4.57. The van der Waals surface area contributed by atoms with Crippen molar-refractivity contribution in [2.45, 2.75) is 37.8 Å². The van der Waals surface area contributed by atoms with Crippen molar-refractivity contribution in [3.8, 4) is 0 Å². The summed E-state index contributed by atoms with van der Waals surface area (Å²) >= 11 is 0. The summed E-state index contributed by atoms with van der Waals surface area (Å²) in [5, 5.41) is 6.56. The third-order valence-corrected chi connectivity index (χ3v) is 7.61. The average molecular weight is 696 g/mol. The van der Waals surface area contributed by atoms with Crippen molar-refractivity contribution in [3.05, 3.63) is 76.6 Å². The van der Waals surface area contributed by atoms with Gasteiger partial charge in [-0.3, -0.25) is 14.4 Å². The fourth-order valence-electron chi connectivity index (χ4n) is 5.20. The van der Waals surface area contributed by atoms with E-state index in [-0.39, 0.29) is 66.8 Å². The lowest BCUT2D eigenvalue weighted by molar-refractivity contribution is -0.918. The molecule has 3 aromatic rings. The Morgan fingerprint density at radius 1 is 0.864 bits per heavy atom. The number of anilines is 1. The van der Waals surface area contributed by atoms with Gasteiger partial charge in [0.05, 0.1) is 19.1 Å². The number of amides is 2. The van der Waals surface area contributed by atoms with Crippen LogP contribution in [0.5, 0.6) is 0 Å². The molecule has 0 aliphatic carbocycles. The first-order valence-electron chi connectivity index (χ1n) is 14.2. The van der Waals surface area contributed by atoms with E-state index in [0.717, 1.165) is 60.1 Å². The van der Waals surface area contributed by atoms with Gasteiger partial charge in [0.15, 0.2) is 6.04 Å². The second-order valence-corrected chi connectivity index (χ2v) is 10.9. The van der Waals surface area contributed by atoms with Crippen molar-refractivity contribution in [1.82, 2.24) is 9.88 Å². The highest BCUT2D eigenvalue weighted by Crippen LogP contribution is 2.16. The summed E-state index contributed by atoms with van der Waals surface area (Å²) in [5.41, 5.74) is 13.8. The number of quaternary nitrogens is 4. The van der Waals surface area contributed by atoms with Gasteiger partial charge in [-0.1, -0.05) is 48.5 Å². The van der Waals surface area contributed by atoms with Crippen LogP contribution in [-0.4, -0.2) is 72.7 Å². The lowest BCUT2D eigenvalue weighted by Crippen LogP contribution is -3.00. The molecule has 2 amide bonds. The van der Waals surface area contributed by atoms with Gasteiger partial charge in [-0.2, -0.15) is 0 Å². The third-order valence-electron chi connectivity index (χ3n) is 7.61. The summed E-state index contributed by atoms with van der Waals surface area (Å²) in [7, 11) is 3.88. The Kier molecular flexibility index (Phi) is 21.2. The number of rotatable bonds is 15. The minimum absolute atomic E-state index is 0. The van der Waals surface area contributed by atoms with E-state index in [2.05, 4.69) is 34.9 Å². The Labute approximate surface area is 284 Å². The highest BCUT2D eigenvalue weighted by Gasteiger charge is 2.28. The summed E-state index contributed by atoms with van der Waals surface area (Å²) < 4.78 is 2.40. The molecule has 0 aliphatic rings. The number of halogens is 4. The van der Waals surface area contributed by atoms with E-state index in [0.29, 0.717) is 19.3 Å². The van der Waals surface area contributed by atoms with Crippen LogP contribution in [0.1, 0.15) is 24.8 Å². The van der Waals surface area contributed by atoms with Crippen LogP contribution in [0.3, 0.4) is 0 Å². The molecule has 1 aromatic heterocycles. The van der Waals surface area contributed by atoms with E-state index in [1.54, 1.807) is 13.1 Å². The number of benzene rings is 2. The van der Waals surface area contributed by atoms with Crippen molar-refractivity contribution in [3.63, 3.8) is 0 Å². The largest absolute Gasteiger partial charge is 1.00 e. The van der Waals surface area contributed by atoms with Crippen molar-refractivity contribution >= 4 is 28.4 Å². The van der Waals surface area contributed by atoms with Crippen molar-refractivity contribution in [1.29, 1.82) is 0 Å². The molecule has 1 heterocycles. The van der Waals surface area contributed by atoms with Crippen LogP contribution in [-0.2, 0) is 23.1 Å². The Hall–Kier alpha value is -2.41. The molecule has 14 heteroatoms. The second-order valence-electron chi connectivity index (χ2n) is 10.9. The van der Waals surface area contributed by atoms with E-state index in [1.807, 2.05) is 54.6 Å². The van der Waals surface area contributed by atoms with Crippen LogP contribution < -0.4 is 83.0 Å². The predicted molar refractivity (Wildman–Crippen MR) is 157 cm³/mol. The number of hydrogen-bond donors (Lipinski definition) is 5. The molecule has 10 nitrogen and oxygen atoms in total. The van der Waals surface area contributed by atoms with E-state index in [9.17, 15) is 14.4 Å². The number of aromatic nitrogens is 1. The number of nitrogens with one attached hydrogen (secondary N) is 2. The van der Waals surface area contributed by atoms with E-state index >= 15 is 0 Å². The van der Waals surface area contributed by atoms with Crippen molar-refractivity contribution in [2.75, 3.05) is 45.1 Å². The molecule has 44 heavy (non-hydrogen) atoms. The normalized spacial score (nSPS) is 11.9. The first-order chi connectivity index (χ1) is 19.2. The number of carbonyl (C=O) groups excluding carboxylic acids is 2. The van der Waals surface area contributed by atoms with Gasteiger partial charge in [-0.25, -0.2) is 0 Å². The average Bonchev–Trinajstić information content (AvgIpc) is 2.94. The number of nitrogens with zero attached hydrogens (tertiary/aromatic N) is 2. The van der Waals surface area contributed by atoms with Crippen molar-refractivity contribution in [2.24, 2.45) is 7.05 Å². The highest BCUT2D eigenvalue weighted by molar-refractivity contribution is 5.98. The van der Waals surface area contributed by atoms with E-state index in [1.165, 1.54) is 4.57 Å². The summed E-state index contributed by atoms with van der Waals surface area (Å²) in [6, 6.07) is 17.7. The van der Waals surface area contributed by atoms with E-state index < -0.39 is 18.0 Å². The molecule has 2 aromatic carbocycles.